The fraction of sp³-hybridized carbons (Fsp3) is 0.273. The number of nitriles is 1. The van der Waals surface area contributed by atoms with Crippen molar-refractivity contribution in [3.8, 4) is 17.6 Å². The number of nitrogens with one attached hydrogen (secondary N) is 2. The monoisotopic (exact) mass is 487 g/mol. The van der Waals surface area contributed by atoms with Crippen molar-refractivity contribution in [1.29, 1.82) is 5.26 Å². The predicted octanol–water partition coefficient (Wildman–Crippen LogP) is 4.91. The Bertz CT molecular complexity index is 986. The van der Waals surface area contributed by atoms with E-state index in [2.05, 4.69) is 45.6 Å². The number of carbonyl (C=O) groups excluding carboxylic acids is 1. The summed E-state index contributed by atoms with van der Waals surface area (Å²) in [7, 11) is 0. The zero-order valence-electron chi connectivity index (χ0n) is 16.7. The number of halogens is 1. The van der Waals surface area contributed by atoms with Crippen LogP contribution in [0.5, 0.6) is 11.5 Å². The molecule has 156 valence electrons. The second-order valence-electron chi connectivity index (χ2n) is 6.38. The lowest BCUT2D eigenvalue weighted by atomic mass is 10.1. The Labute approximate surface area is 188 Å². The van der Waals surface area contributed by atoms with Gasteiger partial charge in [0.05, 0.1) is 16.0 Å². The number of hydrogen-bond acceptors (Lipinski definition) is 6. The molecule has 2 N–H and O–H groups in total. The Balaban J connectivity index is 1.77. The molecule has 2 aromatic carbocycles. The number of benzene rings is 2. The fourth-order valence-corrected chi connectivity index (χ4v) is 4.44. The Morgan fingerprint density at radius 2 is 2.03 bits per heavy atom. The third-order valence-corrected chi connectivity index (χ3v) is 5.92. The van der Waals surface area contributed by atoms with Crippen LogP contribution < -0.4 is 20.1 Å². The number of anilines is 1. The fourth-order valence-electron chi connectivity index (χ4n) is 2.88. The van der Waals surface area contributed by atoms with Crippen molar-refractivity contribution in [3.05, 3.63) is 56.9 Å². The van der Waals surface area contributed by atoms with Crippen LogP contribution in [0.1, 0.15) is 25.0 Å². The first-order valence-electron chi connectivity index (χ1n) is 9.54. The number of amides is 1. The van der Waals surface area contributed by atoms with E-state index in [4.69, 9.17) is 14.7 Å². The van der Waals surface area contributed by atoms with Crippen LogP contribution in [0, 0.1) is 11.3 Å². The first kappa shape index (κ1) is 22.1. The Hall–Kier alpha value is -2.63. The van der Waals surface area contributed by atoms with Crippen molar-refractivity contribution in [3.63, 3.8) is 0 Å². The highest BCUT2D eigenvalue weighted by Gasteiger charge is 2.27. The summed E-state index contributed by atoms with van der Waals surface area (Å²) in [6.07, 6.45) is 2.80. The average molecular weight is 488 g/mol. The molecular formula is C22H22BrN3O3S. The summed E-state index contributed by atoms with van der Waals surface area (Å²) in [5.41, 5.74) is 2.76. The lowest BCUT2D eigenvalue weighted by molar-refractivity contribution is -0.116. The summed E-state index contributed by atoms with van der Waals surface area (Å²) in [6, 6.07) is 13.8. The van der Waals surface area contributed by atoms with E-state index in [1.54, 1.807) is 6.07 Å². The number of hydrogen-bond donors (Lipinski definition) is 2. The Kier molecular flexibility index (Phi) is 7.66. The first-order valence-corrected chi connectivity index (χ1v) is 11.2. The molecule has 1 aliphatic heterocycles. The van der Waals surface area contributed by atoms with Gasteiger partial charge in [0, 0.05) is 5.69 Å². The van der Waals surface area contributed by atoms with Gasteiger partial charge in [-0.05, 0) is 70.7 Å². The highest BCUT2D eigenvalue weighted by atomic mass is 79.9. The molecule has 3 rings (SSSR count). The van der Waals surface area contributed by atoms with E-state index in [1.807, 2.05) is 37.3 Å². The van der Waals surface area contributed by atoms with Crippen molar-refractivity contribution in [2.75, 3.05) is 18.5 Å². The number of ether oxygens (including phenoxy) is 2. The van der Waals surface area contributed by atoms with E-state index >= 15 is 0 Å². The highest BCUT2D eigenvalue weighted by Crippen LogP contribution is 2.39. The molecule has 0 aliphatic carbocycles. The van der Waals surface area contributed by atoms with Crippen LogP contribution in [0.2, 0.25) is 0 Å². The number of carbonyl (C=O) groups is 1. The summed E-state index contributed by atoms with van der Waals surface area (Å²) in [6.45, 7) is 4.36. The van der Waals surface area contributed by atoms with E-state index in [-0.39, 0.29) is 18.0 Å². The molecule has 6 nitrogen and oxygen atoms in total. The molecule has 2 aromatic rings. The van der Waals surface area contributed by atoms with Gasteiger partial charge in [0.15, 0.2) is 23.6 Å². The van der Waals surface area contributed by atoms with Gasteiger partial charge >= 0.3 is 0 Å². The molecule has 1 saturated heterocycles. The van der Waals surface area contributed by atoms with Crippen LogP contribution in [0.4, 0.5) is 5.69 Å². The van der Waals surface area contributed by atoms with Gasteiger partial charge in [0.2, 0.25) is 0 Å². The molecule has 1 heterocycles. The molecule has 0 unspecified atom stereocenters. The maximum atomic E-state index is 12.4. The van der Waals surface area contributed by atoms with E-state index in [9.17, 15) is 4.79 Å². The molecule has 30 heavy (non-hydrogen) atoms. The second-order valence-corrected chi connectivity index (χ2v) is 8.39. The number of aryl methyl sites for hydroxylation is 1. The quantitative estimate of drug-likeness (QED) is 0.514. The molecule has 1 fully saturated rings. The van der Waals surface area contributed by atoms with Crippen molar-refractivity contribution in [2.24, 2.45) is 0 Å². The van der Waals surface area contributed by atoms with E-state index < -0.39 is 0 Å². The number of thioether (sulfide) groups is 1. The molecule has 0 aromatic heterocycles. The number of nitrogens with zero attached hydrogens (tertiary/aromatic N) is 1. The summed E-state index contributed by atoms with van der Waals surface area (Å²) < 4.78 is 11.8. The van der Waals surface area contributed by atoms with Gasteiger partial charge in [0.25, 0.3) is 5.91 Å². The van der Waals surface area contributed by atoms with Crippen molar-refractivity contribution in [1.82, 2.24) is 5.32 Å². The standard InChI is InChI=1S/C22H22BrN3O3S/c1-3-14-5-7-16(8-6-14)25-22-26-21(27)19(30-22)13-15-11-17(23)20(29-10-9-24)18(12-15)28-4-2/h5-8,11-13,22,25H,3-4,10H2,1-2H3,(H,26,27)/b19-13-/t22-/m1/s1. The Morgan fingerprint density at radius 1 is 1.27 bits per heavy atom. The van der Waals surface area contributed by atoms with Crippen LogP contribution in [0.25, 0.3) is 6.08 Å². The van der Waals surface area contributed by atoms with Gasteiger partial charge < -0.3 is 20.1 Å². The van der Waals surface area contributed by atoms with Crippen molar-refractivity contribution >= 4 is 45.4 Å². The topological polar surface area (TPSA) is 83.4 Å². The molecule has 0 bridgehead atoms. The third kappa shape index (κ3) is 5.49. The van der Waals surface area contributed by atoms with E-state index in [0.717, 1.165) is 17.7 Å². The van der Waals surface area contributed by atoms with Crippen LogP contribution in [-0.2, 0) is 11.2 Å². The van der Waals surface area contributed by atoms with Crippen LogP contribution in [0.3, 0.4) is 0 Å². The van der Waals surface area contributed by atoms with Crippen LogP contribution >= 0.6 is 27.7 Å². The van der Waals surface area contributed by atoms with Crippen molar-refractivity contribution in [2.45, 2.75) is 25.8 Å². The molecule has 0 spiro atoms. The first-order chi connectivity index (χ1) is 14.5. The highest BCUT2D eigenvalue weighted by molar-refractivity contribution is 9.10. The summed E-state index contributed by atoms with van der Waals surface area (Å²) in [5, 5.41) is 15.0. The molecule has 1 aliphatic rings. The smallest absolute Gasteiger partial charge is 0.260 e. The molecule has 0 radical (unpaired) electrons. The maximum absolute atomic E-state index is 12.4. The summed E-state index contributed by atoms with van der Waals surface area (Å²) >= 11 is 4.89. The molecular weight excluding hydrogens is 466 g/mol. The Morgan fingerprint density at radius 3 is 2.70 bits per heavy atom. The van der Waals surface area contributed by atoms with Gasteiger partial charge in [-0.2, -0.15) is 5.26 Å². The lowest BCUT2D eigenvalue weighted by Crippen LogP contribution is -2.30. The van der Waals surface area contributed by atoms with Gasteiger partial charge in [-0.3, -0.25) is 4.79 Å². The van der Waals surface area contributed by atoms with Crippen LogP contribution in [0.15, 0.2) is 45.8 Å². The van der Waals surface area contributed by atoms with Crippen LogP contribution in [-0.4, -0.2) is 24.6 Å². The molecule has 1 amide bonds. The minimum absolute atomic E-state index is 0.0794. The summed E-state index contributed by atoms with van der Waals surface area (Å²) in [4.78, 5) is 13.0. The summed E-state index contributed by atoms with van der Waals surface area (Å²) in [5.74, 6) is 0.851. The normalized spacial score (nSPS) is 16.8. The number of rotatable bonds is 8. The van der Waals surface area contributed by atoms with E-state index in [1.165, 1.54) is 17.3 Å². The van der Waals surface area contributed by atoms with Crippen molar-refractivity contribution < 1.29 is 14.3 Å². The van der Waals surface area contributed by atoms with E-state index in [0.29, 0.717) is 27.5 Å². The van der Waals surface area contributed by atoms with Gasteiger partial charge in [-0.25, -0.2) is 0 Å². The third-order valence-electron chi connectivity index (χ3n) is 4.30. The van der Waals surface area contributed by atoms with Gasteiger partial charge in [-0.1, -0.05) is 30.8 Å². The predicted molar refractivity (Wildman–Crippen MR) is 123 cm³/mol. The zero-order chi connectivity index (χ0) is 21.5. The zero-order valence-corrected chi connectivity index (χ0v) is 19.1. The van der Waals surface area contributed by atoms with Gasteiger partial charge in [0.1, 0.15) is 6.07 Å². The largest absolute Gasteiger partial charge is 0.490 e. The average Bonchev–Trinajstić information content (AvgIpc) is 3.07. The molecule has 1 atom stereocenters. The maximum Gasteiger partial charge on any atom is 0.260 e. The second kappa shape index (κ2) is 10.4. The molecule has 8 heteroatoms. The minimum atomic E-state index is -0.246. The minimum Gasteiger partial charge on any atom is -0.490 e. The van der Waals surface area contributed by atoms with Gasteiger partial charge in [-0.15, -0.1) is 0 Å². The lowest BCUT2D eigenvalue weighted by Gasteiger charge is -2.13. The molecule has 0 saturated carbocycles. The SMILES string of the molecule is CCOc1cc(/C=C2\S[C@H](Nc3ccc(CC)cc3)NC2=O)cc(Br)c1OCC#N.